The number of hydrogen-bond acceptors (Lipinski definition) is 5. The quantitative estimate of drug-likeness (QED) is 0.320. The Hall–Kier alpha value is -2.47. The number of likely N-dealkylation sites (N-methyl/N-ethyl adjacent to an activating group) is 1. The smallest absolute Gasteiger partial charge is 0.162 e. The molecule has 2 aromatic heterocycles. The Balaban J connectivity index is 0.000000550. The third-order valence-corrected chi connectivity index (χ3v) is 4.27. The number of thiophene rings is 1. The molecule has 0 radical (unpaired) electrons. The molecule has 2 rings (SSSR count). The van der Waals surface area contributed by atoms with Crippen LogP contribution in [0, 0.1) is 0 Å². The lowest BCUT2D eigenvalue weighted by atomic mass is 10.2. The van der Waals surface area contributed by atoms with Crippen molar-refractivity contribution in [2.24, 2.45) is 4.99 Å². The highest BCUT2D eigenvalue weighted by molar-refractivity contribution is 7.20. The van der Waals surface area contributed by atoms with Gasteiger partial charge in [-0.2, -0.15) is 0 Å². The molecule has 0 unspecified atom stereocenters. The number of hydrogen-bond donors (Lipinski definition) is 0. The van der Waals surface area contributed by atoms with Crippen molar-refractivity contribution in [2.45, 2.75) is 20.8 Å². The molecule has 0 saturated carbocycles. The van der Waals surface area contributed by atoms with E-state index in [1.807, 2.05) is 18.9 Å². The van der Waals surface area contributed by atoms with Gasteiger partial charge in [0.1, 0.15) is 10.6 Å². The van der Waals surface area contributed by atoms with Crippen molar-refractivity contribution in [1.82, 2.24) is 9.88 Å². The van der Waals surface area contributed by atoms with Gasteiger partial charge in [-0.15, -0.1) is 17.9 Å². The number of fused-ring (bicyclic) bond motifs is 1. The van der Waals surface area contributed by atoms with Crippen LogP contribution in [0.25, 0.3) is 10.2 Å². The molecule has 0 saturated heterocycles. The number of allylic oxidation sites excluding steroid dienone is 2. The Labute approximate surface area is 153 Å². The minimum absolute atomic E-state index is 0.542. The summed E-state index contributed by atoms with van der Waals surface area (Å²) in [5.41, 5.74) is 1.98. The summed E-state index contributed by atoms with van der Waals surface area (Å²) in [5, 5.41) is 0.769. The average molecular weight is 359 g/mol. The third-order valence-electron chi connectivity index (χ3n) is 3.26. The Morgan fingerprint density at radius 3 is 2.68 bits per heavy atom. The molecule has 0 amide bonds. The molecule has 2 aromatic rings. The van der Waals surface area contributed by atoms with E-state index in [-0.39, 0.29) is 0 Å². The van der Waals surface area contributed by atoms with Gasteiger partial charge < -0.3 is 9.64 Å². The van der Waals surface area contributed by atoms with Gasteiger partial charge in [0.25, 0.3) is 0 Å². The molecular weight excluding hydrogens is 334 g/mol. The third kappa shape index (κ3) is 5.83. The Morgan fingerprint density at radius 1 is 1.48 bits per heavy atom. The predicted octanol–water partition coefficient (Wildman–Crippen LogP) is 4.87. The first-order valence-electron chi connectivity index (χ1n) is 7.83. The van der Waals surface area contributed by atoms with Crippen molar-refractivity contribution < 1.29 is 9.53 Å². The SMILES string of the molecule is C=CCN(C)C=Nc1c(C=O)sc2nccc(OC)c12.CC=C(C)C. The van der Waals surface area contributed by atoms with Crippen LogP contribution in [0.1, 0.15) is 30.4 Å². The number of rotatable bonds is 6. The summed E-state index contributed by atoms with van der Waals surface area (Å²) >= 11 is 1.31. The van der Waals surface area contributed by atoms with Crippen molar-refractivity contribution in [3.8, 4) is 5.75 Å². The highest BCUT2D eigenvalue weighted by Gasteiger charge is 2.15. The van der Waals surface area contributed by atoms with E-state index in [9.17, 15) is 4.79 Å². The lowest BCUT2D eigenvalue weighted by Crippen LogP contribution is -2.15. The van der Waals surface area contributed by atoms with E-state index in [1.165, 1.54) is 16.9 Å². The number of aromatic nitrogens is 1. The van der Waals surface area contributed by atoms with Crippen molar-refractivity contribution in [3.63, 3.8) is 0 Å². The van der Waals surface area contributed by atoms with Crippen LogP contribution >= 0.6 is 11.3 Å². The minimum Gasteiger partial charge on any atom is -0.496 e. The van der Waals surface area contributed by atoms with Crippen molar-refractivity contribution in [2.75, 3.05) is 20.7 Å². The summed E-state index contributed by atoms with van der Waals surface area (Å²) in [4.78, 5) is 23.0. The van der Waals surface area contributed by atoms with Gasteiger partial charge in [0.2, 0.25) is 0 Å². The second kappa shape index (κ2) is 10.4. The molecule has 0 aliphatic carbocycles. The molecule has 0 aromatic carbocycles. The van der Waals surface area contributed by atoms with E-state index in [2.05, 4.69) is 36.5 Å². The summed E-state index contributed by atoms with van der Waals surface area (Å²) in [7, 11) is 3.47. The molecule has 0 aliphatic heterocycles. The standard InChI is InChI=1S/C14H15N3O2S.C5H10/c1-4-7-17(2)9-16-13-11(8-18)20-14-12(13)10(19-3)5-6-15-14;1-4-5(2)3/h4-6,8-9H,1,7H2,2-3H3;4H,1-3H3. The number of carbonyl (C=O) groups excluding carboxylic acids is 1. The number of nitrogens with zero attached hydrogens (tertiary/aromatic N) is 3. The molecule has 134 valence electrons. The van der Waals surface area contributed by atoms with Crippen molar-refractivity contribution in [1.29, 1.82) is 0 Å². The molecule has 0 N–H and O–H groups in total. The summed E-state index contributed by atoms with van der Waals surface area (Å²) < 4.78 is 5.33. The fourth-order valence-electron chi connectivity index (χ4n) is 1.78. The zero-order chi connectivity index (χ0) is 18.8. The van der Waals surface area contributed by atoms with E-state index < -0.39 is 0 Å². The summed E-state index contributed by atoms with van der Waals surface area (Å²) in [5.74, 6) is 0.665. The summed E-state index contributed by atoms with van der Waals surface area (Å²) in [6, 6.07) is 1.76. The maximum absolute atomic E-state index is 11.2. The molecule has 0 atom stereocenters. The lowest BCUT2D eigenvalue weighted by Gasteiger charge is -2.09. The van der Waals surface area contributed by atoms with Crippen LogP contribution in [0.2, 0.25) is 0 Å². The van der Waals surface area contributed by atoms with Crippen molar-refractivity contribution in [3.05, 3.63) is 41.4 Å². The highest BCUT2D eigenvalue weighted by atomic mass is 32.1. The minimum atomic E-state index is 0.542. The second-order valence-corrected chi connectivity index (χ2v) is 6.50. The molecule has 2 heterocycles. The van der Waals surface area contributed by atoms with E-state index >= 15 is 0 Å². The fourth-order valence-corrected chi connectivity index (χ4v) is 2.70. The van der Waals surface area contributed by atoms with Crippen molar-refractivity contribution >= 4 is 39.9 Å². The van der Waals surface area contributed by atoms with E-state index in [0.717, 1.165) is 16.5 Å². The van der Waals surface area contributed by atoms with Gasteiger partial charge in [0, 0.05) is 19.8 Å². The Morgan fingerprint density at radius 2 is 2.16 bits per heavy atom. The van der Waals surface area contributed by atoms with Gasteiger partial charge in [-0.3, -0.25) is 4.79 Å². The second-order valence-electron chi connectivity index (χ2n) is 5.46. The molecule has 5 nitrogen and oxygen atoms in total. The molecule has 25 heavy (non-hydrogen) atoms. The molecule has 0 bridgehead atoms. The van der Waals surface area contributed by atoms with Crippen LogP contribution in [0.3, 0.4) is 0 Å². The largest absolute Gasteiger partial charge is 0.496 e. The number of carbonyl (C=O) groups is 1. The van der Waals surface area contributed by atoms with E-state index in [0.29, 0.717) is 22.9 Å². The molecule has 0 aliphatic rings. The van der Waals surface area contributed by atoms with Gasteiger partial charge in [0.05, 0.1) is 29.4 Å². The molecule has 6 heteroatoms. The average Bonchev–Trinajstić information content (AvgIpc) is 2.98. The van der Waals surface area contributed by atoms with E-state index in [1.54, 1.807) is 31.8 Å². The van der Waals surface area contributed by atoms with Crippen LogP contribution in [-0.4, -0.2) is 43.2 Å². The van der Waals surface area contributed by atoms with E-state index in [4.69, 9.17) is 4.74 Å². The number of pyridine rings is 1. The van der Waals surface area contributed by atoms with Gasteiger partial charge in [-0.05, 0) is 26.8 Å². The highest BCUT2D eigenvalue weighted by Crippen LogP contribution is 2.40. The first-order valence-corrected chi connectivity index (χ1v) is 8.65. The number of aliphatic imine (C=N–C) groups is 1. The van der Waals surface area contributed by atoms with Crippen LogP contribution in [0.4, 0.5) is 5.69 Å². The van der Waals surface area contributed by atoms with Gasteiger partial charge in [0.15, 0.2) is 6.29 Å². The Kier molecular flexibility index (Phi) is 8.56. The maximum Gasteiger partial charge on any atom is 0.162 e. The molecular formula is C19H25N3O2S. The van der Waals surface area contributed by atoms with Gasteiger partial charge in [-0.1, -0.05) is 17.7 Å². The Bertz CT molecular complexity index is 774. The maximum atomic E-state index is 11.2. The molecule has 0 spiro atoms. The van der Waals surface area contributed by atoms with Crippen LogP contribution in [0.5, 0.6) is 5.75 Å². The predicted molar refractivity (Wildman–Crippen MR) is 108 cm³/mol. The molecule has 0 fully saturated rings. The zero-order valence-corrected chi connectivity index (χ0v) is 16.3. The number of methoxy groups -OCH3 is 1. The lowest BCUT2D eigenvalue weighted by molar-refractivity contribution is 0.112. The van der Waals surface area contributed by atoms with Crippen LogP contribution in [-0.2, 0) is 0 Å². The topological polar surface area (TPSA) is 54.8 Å². The van der Waals surface area contributed by atoms with Crippen LogP contribution in [0.15, 0.2) is 41.6 Å². The monoisotopic (exact) mass is 359 g/mol. The first-order chi connectivity index (χ1) is 12.0. The zero-order valence-electron chi connectivity index (χ0n) is 15.4. The summed E-state index contributed by atoms with van der Waals surface area (Å²) in [6.45, 7) is 10.6. The summed E-state index contributed by atoms with van der Waals surface area (Å²) in [6.07, 6.45) is 7.98. The number of aldehydes is 1. The van der Waals surface area contributed by atoms with Crippen LogP contribution < -0.4 is 4.74 Å². The first kappa shape index (κ1) is 20.6. The van der Waals surface area contributed by atoms with Gasteiger partial charge >= 0.3 is 0 Å². The normalized spacial score (nSPS) is 10.1. The fraction of sp³-hybridized carbons (Fsp3) is 0.316. The number of ether oxygens (including phenoxy) is 1. The van der Waals surface area contributed by atoms with Gasteiger partial charge in [-0.25, -0.2) is 9.98 Å².